The van der Waals surface area contributed by atoms with Gasteiger partial charge in [0.05, 0.1) is 5.57 Å². The first-order valence-corrected chi connectivity index (χ1v) is 8.65. The molecule has 0 radical (unpaired) electrons. The van der Waals surface area contributed by atoms with E-state index in [1.165, 1.54) is 0 Å². The molecule has 1 aromatic carbocycles. The summed E-state index contributed by atoms with van der Waals surface area (Å²) in [6.45, 7) is 5.63. The van der Waals surface area contributed by atoms with Crippen LogP contribution in [0.15, 0.2) is 40.0 Å². The van der Waals surface area contributed by atoms with Crippen LogP contribution in [0, 0.1) is 5.92 Å². The Morgan fingerprint density at radius 1 is 1.22 bits per heavy atom. The van der Waals surface area contributed by atoms with Crippen LogP contribution in [-0.2, 0) is 16.0 Å². The van der Waals surface area contributed by atoms with Gasteiger partial charge >= 0.3 is 5.97 Å². The number of rotatable bonds is 8. The van der Waals surface area contributed by atoms with Crippen LogP contribution in [0.5, 0.6) is 0 Å². The zero-order valence-electron chi connectivity index (χ0n) is 13.9. The van der Waals surface area contributed by atoms with E-state index in [0.717, 1.165) is 22.9 Å². The highest BCUT2D eigenvalue weighted by Gasteiger charge is 2.18. The highest BCUT2D eigenvalue weighted by atomic mass is 79.9. The molecule has 0 heterocycles. The molecule has 0 atom stereocenters. The van der Waals surface area contributed by atoms with Crippen LogP contribution in [0.1, 0.15) is 45.6 Å². The van der Waals surface area contributed by atoms with Crippen LogP contribution in [0.3, 0.4) is 0 Å². The summed E-state index contributed by atoms with van der Waals surface area (Å²) in [6, 6.07) is 7.53. The SMILES string of the molecule is CCCCC(NC(=O)C(C)C)=C(Cc1ccc(Br)cc1)C(=O)O. The maximum atomic E-state index is 12.0. The molecule has 0 bridgehead atoms. The summed E-state index contributed by atoms with van der Waals surface area (Å²) >= 11 is 3.37. The van der Waals surface area contributed by atoms with Crippen molar-refractivity contribution in [3.05, 3.63) is 45.6 Å². The molecule has 0 aromatic heterocycles. The van der Waals surface area contributed by atoms with Gasteiger partial charge in [-0.1, -0.05) is 55.3 Å². The number of hydrogen-bond acceptors (Lipinski definition) is 2. The van der Waals surface area contributed by atoms with Gasteiger partial charge in [0, 0.05) is 22.5 Å². The molecular weight excluding hydrogens is 358 g/mol. The van der Waals surface area contributed by atoms with E-state index in [1.54, 1.807) is 13.8 Å². The summed E-state index contributed by atoms with van der Waals surface area (Å²) in [5.41, 5.74) is 1.69. The molecule has 0 saturated heterocycles. The Hall–Kier alpha value is -1.62. The highest BCUT2D eigenvalue weighted by Crippen LogP contribution is 2.18. The summed E-state index contributed by atoms with van der Waals surface area (Å²) < 4.78 is 0.946. The van der Waals surface area contributed by atoms with E-state index in [1.807, 2.05) is 31.2 Å². The average Bonchev–Trinajstić information content (AvgIpc) is 2.50. The number of nitrogens with one attached hydrogen (secondary N) is 1. The number of benzene rings is 1. The van der Waals surface area contributed by atoms with Crippen molar-refractivity contribution in [3.63, 3.8) is 0 Å². The number of carbonyl (C=O) groups is 2. The van der Waals surface area contributed by atoms with Crippen LogP contribution < -0.4 is 5.32 Å². The van der Waals surface area contributed by atoms with Gasteiger partial charge in [0.25, 0.3) is 0 Å². The molecule has 0 saturated carbocycles. The van der Waals surface area contributed by atoms with Gasteiger partial charge in [-0.15, -0.1) is 0 Å². The Morgan fingerprint density at radius 3 is 2.30 bits per heavy atom. The molecule has 1 rings (SSSR count). The Balaban J connectivity index is 3.12. The third-order valence-corrected chi connectivity index (χ3v) is 4.02. The average molecular weight is 382 g/mol. The Bertz CT molecular complexity index is 576. The van der Waals surface area contributed by atoms with E-state index in [-0.39, 0.29) is 17.4 Å². The summed E-state index contributed by atoms with van der Waals surface area (Å²) in [7, 11) is 0. The molecule has 23 heavy (non-hydrogen) atoms. The third-order valence-electron chi connectivity index (χ3n) is 3.50. The van der Waals surface area contributed by atoms with Crippen molar-refractivity contribution in [1.82, 2.24) is 5.32 Å². The number of amides is 1. The third kappa shape index (κ3) is 6.57. The molecule has 0 spiro atoms. The van der Waals surface area contributed by atoms with E-state index in [0.29, 0.717) is 18.5 Å². The first-order chi connectivity index (χ1) is 10.8. The number of carboxylic acid groups (broad SMARTS) is 1. The lowest BCUT2D eigenvalue weighted by atomic mass is 10.00. The fraction of sp³-hybridized carbons (Fsp3) is 0.444. The predicted octanol–water partition coefficient (Wildman–Crippen LogP) is 4.29. The lowest BCUT2D eigenvalue weighted by Gasteiger charge is -2.16. The maximum Gasteiger partial charge on any atom is 0.333 e. The van der Waals surface area contributed by atoms with Gasteiger partial charge in [0.15, 0.2) is 0 Å². The van der Waals surface area contributed by atoms with Crippen molar-refractivity contribution in [2.45, 2.75) is 46.5 Å². The number of hydrogen-bond donors (Lipinski definition) is 2. The minimum Gasteiger partial charge on any atom is -0.478 e. The Kier molecular flexibility index (Phi) is 8.03. The Labute approximate surface area is 146 Å². The largest absolute Gasteiger partial charge is 0.478 e. The lowest BCUT2D eigenvalue weighted by molar-refractivity contribution is -0.132. The molecule has 0 unspecified atom stereocenters. The second kappa shape index (κ2) is 9.50. The van der Waals surface area contributed by atoms with Gasteiger partial charge in [-0.3, -0.25) is 4.79 Å². The van der Waals surface area contributed by atoms with Crippen molar-refractivity contribution in [1.29, 1.82) is 0 Å². The van der Waals surface area contributed by atoms with Gasteiger partial charge in [0.2, 0.25) is 5.91 Å². The molecule has 0 aliphatic rings. The molecule has 1 aromatic rings. The minimum atomic E-state index is -0.983. The van der Waals surface area contributed by atoms with Crippen molar-refractivity contribution in [2.75, 3.05) is 0 Å². The van der Waals surface area contributed by atoms with Crippen molar-refractivity contribution >= 4 is 27.8 Å². The highest BCUT2D eigenvalue weighted by molar-refractivity contribution is 9.10. The molecule has 0 aliphatic heterocycles. The van der Waals surface area contributed by atoms with Crippen LogP contribution >= 0.6 is 15.9 Å². The number of unbranched alkanes of at least 4 members (excludes halogenated alkanes) is 1. The summed E-state index contributed by atoms with van der Waals surface area (Å²) in [6.07, 6.45) is 2.63. The molecule has 5 heteroatoms. The van der Waals surface area contributed by atoms with E-state index in [2.05, 4.69) is 21.2 Å². The number of carboxylic acids is 1. The van der Waals surface area contributed by atoms with Gasteiger partial charge in [0.1, 0.15) is 0 Å². The fourth-order valence-corrected chi connectivity index (χ4v) is 2.32. The molecule has 0 aliphatic carbocycles. The summed E-state index contributed by atoms with van der Waals surface area (Å²) in [5.74, 6) is -1.32. The molecule has 0 fully saturated rings. The van der Waals surface area contributed by atoms with Crippen LogP contribution in [-0.4, -0.2) is 17.0 Å². The van der Waals surface area contributed by atoms with Crippen LogP contribution in [0.4, 0.5) is 0 Å². The molecule has 2 N–H and O–H groups in total. The van der Waals surface area contributed by atoms with Crippen LogP contribution in [0.2, 0.25) is 0 Å². The molecular formula is C18H24BrNO3. The van der Waals surface area contributed by atoms with Crippen LogP contribution in [0.25, 0.3) is 0 Å². The number of carbonyl (C=O) groups excluding carboxylic acids is 1. The fourth-order valence-electron chi connectivity index (χ4n) is 2.05. The van der Waals surface area contributed by atoms with E-state index >= 15 is 0 Å². The molecule has 126 valence electrons. The normalized spacial score (nSPS) is 12.0. The van der Waals surface area contributed by atoms with Gasteiger partial charge in [-0.2, -0.15) is 0 Å². The monoisotopic (exact) mass is 381 g/mol. The summed E-state index contributed by atoms with van der Waals surface area (Å²) in [4.78, 5) is 23.7. The van der Waals surface area contributed by atoms with Gasteiger partial charge in [-0.05, 0) is 30.5 Å². The zero-order chi connectivity index (χ0) is 17.4. The van der Waals surface area contributed by atoms with Crippen molar-refractivity contribution in [2.24, 2.45) is 5.92 Å². The molecule has 1 amide bonds. The summed E-state index contributed by atoms with van der Waals surface area (Å²) in [5, 5.41) is 12.4. The predicted molar refractivity (Wildman–Crippen MR) is 95.0 cm³/mol. The van der Waals surface area contributed by atoms with E-state index in [9.17, 15) is 14.7 Å². The van der Waals surface area contributed by atoms with Crippen molar-refractivity contribution < 1.29 is 14.7 Å². The second-order valence-corrected chi connectivity index (χ2v) is 6.73. The lowest BCUT2D eigenvalue weighted by Crippen LogP contribution is -2.29. The smallest absolute Gasteiger partial charge is 0.333 e. The standard InChI is InChI=1S/C18H24BrNO3/c1-4-5-6-16(20-17(21)12(2)3)15(18(22)23)11-13-7-9-14(19)10-8-13/h7-10,12H,4-6,11H2,1-3H3,(H,20,21)(H,22,23). The molecule has 4 nitrogen and oxygen atoms in total. The maximum absolute atomic E-state index is 12.0. The quantitative estimate of drug-likeness (QED) is 0.659. The van der Waals surface area contributed by atoms with Crippen molar-refractivity contribution in [3.8, 4) is 0 Å². The second-order valence-electron chi connectivity index (χ2n) is 5.81. The first kappa shape index (κ1) is 19.4. The number of allylic oxidation sites excluding steroid dienone is 1. The zero-order valence-corrected chi connectivity index (χ0v) is 15.4. The topological polar surface area (TPSA) is 66.4 Å². The first-order valence-electron chi connectivity index (χ1n) is 7.85. The van der Waals surface area contributed by atoms with Gasteiger partial charge < -0.3 is 10.4 Å². The van der Waals surface area contributed by atoms with Gasteiger partial charge in [-0.25, -0.2) is 4.79 Å². The van der Waals surface area contributed by atoms with E-state index < -0.39 is 5.97 Å². The minimum absolute atomic E-state index is 0.148. The number of halogens is 1. The van der Waals surface area contributed by atoms with E-state index in [4.69, 9.17) is 0 Å². The Morgan fingerprint density at radius 2 is 1.83 bits per heavy atom. The number of aliphatic carboxylic acids is 1.